The maximum atomic E-state index is 11.4. The highest BCUT2D eigenvalue weighted by atomic mass is 16.4. The van der Waals surface area contributed by atoms with Gasteiger partial charge in [-0.25, -0.2) is 9.59 Å². The molecule has 104 valence electrons. The van der Waals surface area contributed by atoms with Gasteiger partial charge in [0.15, 0.2) is 5.60 Å². The SMILES string of the molecule is CC(NC(=O)NCC(C)(O)C(=O)O)C(=O)N(C)C. The molecule has 0 bridgehead atoms. The molecule has 0 aromatic rings. The van der Waals surface area contributed by atoms with Crippen molar-refractivity contribution < 1.29 is 24.6 Å². The minimum absolute atomic E-state index is 0.296. The van der Waals surface area contributed by atoms with Gasteiger partial charge >= 0.3 is 12.0 Å². The summed E-state index contributed by atoms with van der Waals surface area (Å²) in [4.78, 5) is 34.7. The molecule has 0 spiro atoms. The van der Waals surface area contributed by atoms with E-state index in [1.807, 2.05) is 0 Å². The second-order valence-electron chi connectivity index (χ2n) is 4.36. The second-order valence-corrected chi connectivity index (χ2v) is 4.36. The Hall–Kier alpha value is -1.83. The summed E-state index contributed by atoms with van der Waals surface area (Å²) in [7, 11) is 3.10. The molecule has 0 fully saturated rings. The Labute approximate surface area is 105 Å². The molecule has 0 aliphatic rings. The van der Waals surface area contributed by atoms with Gasteiger partial charge in [-0.15, -0.1) is 0 Å². The molecule has 18 heavy (non-hydrogen) atoms. The van der Waals surface area contributed by atoms with Crippen molar-refractivity contribution in [1.82, 2.24) is 15.5 Å². The van der Waals surface area contributed by atoms with Crippen LogP contribution in [-0.2, 0) is 9.59 Å². The van der Waals surface area contributed by atoms with Gasteiger partial charge in [-0.05, 0) is 13.8 Å². The summed E-state index contributed by atoms with van der Waals surface area (Å²) in [6, 6.07) is -1.46. The van der Waals surface area contributed by atoms with Crippen molar-refractivity contribution in [3.8, 4) is 0 Å². The van der Waals surface area contributed by atoms with Gasteiger partial charge in [0.05, 0.1) is 6.54 Å². The normalized spacial score (nSPS) is 15.2. The van der Waals surface area contributed by atoms with Crippen molar-refractivity contribution in [2.75, 3.05) is 20.6 Å². The van der Waals surface area contributed by atoms with Crippen molar-refractivity contribution in [3.63, 3.8) is 0 Å². The average Bonchev–Trinajstić information content (AvgIpc) is 2.24. The van der Waals surface area contributed by atoms with Crippen molar-refractivity contribution in [2.24, 2.45) is 0 Å². The second kappa shape index (κ2) is 6.20. The van der Waals surface area contributed by atoms with E-state index < -0.39 is 30.2 Å². The Balaban J connectivity index is 4.22. The lowest BCUT2D eigenvalue weighted by atomic mass is 10.1. The minimum Gasteiger partial charge on any atom is -0.479 e. The van der Waals surface area contributed by atoms with Gasteiger partial charge in [-0.2, -0.15) is 0 Å². The quantitative estimate of drug-likeness (QED) is 0.485. The number of hydrogen-bond acceptors (Lipinski definition) is 4. The molecule has 0 saturated heterocycles. The van der Waals surface area contributed by atoms with E-state index in [2.05, 4.69) is 10.6 Å². The van der Waals surface area contributed by atoms with Crippen molar-refractivity contribution >= 4 is 17.9 Å². The zero-order valence-electron chi connectivity index (χ0n) is 10.9. The smallest absolute Gasteiger partial charge is 0.337 e. The highest BCUT2D eigenvalue weighted by Crippen LogP contribution is 2.00. The van der Waals surface area contributed by atoms with Gasteiger partial charge in [0.1, 0.15) is 6.04 Å². The molecule has 0 aliphatic heterocycles. The van der Waals surface area contributed by atoms with E-state index >= 15 is 0 Å². The number of carboxylic acids is 1. The Morgan fingerprint density at radius 2 is 1.83 bits per heavy atom. The lowest BCUT2D eigenvalue weighted by Gasteiger charge is -2.21. The molecule has 2 atom stereocenters. The first-order valence-electron chi connectivity index (χ1n) is 5.29. The summed E-state index contributed by atoms with van der Waals surface area (Å²) in [6.07, 6.45) is 0. The Morgan fingerprint density at radius 3 is 2.22 bits per heavy atom. The fourth-order valence-corrected chi connectivity index (χ4v) is 1.02. The zero-order chi connectivity index (χ0) is 14.5. The van der Waals surface area contributed by atoms with Gasteiger partial charge in [-0.3, -0.25) is 4.79 Å². The lowest BCUT2D eigenvalue weighted by Crippen LogP contribution is -2.52. The van der Waals surface area contributed by atoms with Crippen LogP contribution in [-0.4, -0.2) is 65.3 Å². The van der Waals surface area contributed by atoms with E-state index in [1.165, 1.54) is 11.8 Å². The predicted molar refractivity (Wildman–Crippen MR) is 63.0 cm³/mol. The van der Waals surface area contributed by atoms with Crippen LogP contribution in [0.15, 0.2) is 0 Å². The number of carbonyl (C=O) groups is 3. The molecule has 0 saturated carbocycles. The summed E-state index contributed by atoms with van der Waals surface area (Å²) in [5, 5.41) is 22.5. The van der Waals surface area contributed by atoms with E-state index in [9.17, 15) is 19.5 Å². The number of carbonyl (C=O) groups excluding carboxylic acids is 2. The average molecular weight is 261 g/mol. The number of aliphatic carboxylic acids is 1. The molecule has 8 heteroatoms. The molecular weight excluding hydrogens is 242 g/mol. The third-order valence-corrected chi connectivity index (χ3v) is 2.21. The Morgan fingerprint density at radius 1 is 1.33 bits per heavy atom. The molecule has 3 amide bonds. The van der Waals surface area contributed by atoms with E-state index in [4.69, 9.17) is 5.11 Å². The van der Waals surface area contributed by atoms with Crippen LogP contribution in [0.1, 0.15) is 13.8 Å². The molecule has 0 aliphatic carbocycles. The number of carboxylic acid groups (broad SMARTS) is 1. The molecule has 0 heterocycles. The molecular formula is C10H19N3O5. The van der Waals surface area contributed by atoms with Crippen LogP contribution in [0.3, 0.4) is 0 Å². The maximum Gasteiger partial charge on any atom is 0.337 e. The minimum atomic E-state index is -2.05. The molecule has 2 unspecified atom stereocenters. The highest BCUT2D eigenvalue weighted by molar-refractivity contribution is 5.86. The van der Waals surface area contributed by atoms with Gasteiger partial charge < -0.3 is 25.7 Å². The van der Waals surface area contributed by atoms with Crippen LogP contribution in [0.4, 0.5) is 4.79 Å². The monoisotopic (exact) mass is 261 g/mol. The van der Waals surface area contributed by atoms with E-state index in [-0.39, 0.29) is 5.91 Å². The Kier molecular flexibility index (Phi) is 5.57. The van der Waals surface area contributed by atoms with Crippen LogP contribution in [0.5, 0.6) is 0 Å². The number of hydrogen-bond donors (Lipinski definition) is 4. The highest BCUT2D eigenvalue weighted by Gasteiger charge is 2.30. The predicted octanol–water partition coefficient (Wildman–Crippen LogP) is -1.40. The van der Waals surface area contributed by atoms with Gasteiger partial charge in [0, 0.05) is 14.1 Å². The number of rotatable bonds is 5. The van der Waals surface area contributed by atoms with E-state index in [1.54, 1.807) is 14.1 Å². The largest absolute Gasteiger partial charge is 0.479 e. The van der Waals surface area contributed by atoms with Gasteiger partial charge in [0.25, 0.3) is 0 Å². The van der Waals surface area contributed by atoms with Crippen LogP contribution >= 0.6 is 0 Å². The standard InChI is InChI=1S/C10H19N3O5/c1-6(7(14)13(3)4)12-9(17)11-5-10(2,18)8(15)16/h6,18H,5H2,1-4H3,(H,15,16)(H2,11,12,17). The van der Waals surface area contributed by atoms with Crippen LogP contribution in [0.25, 0.3) is 0 Å². The summed E-state index contributed by atoms with van der Waals surface area (Å²) in [5.74, 6) is -1.74. The van der Waals surface area contributed by atoms with Crippen LogP contribution < -0.4 is 10.6 Å². The van der Waals surface area contributed by atoms with Gasteiger partial charge in [-0.1, -0.05) is 0 Å². The third kappa shape index (κ3) is 5.00. The first-order chi connectivity index (χ1) is 8.08. The first-order valence-corrected chi connectivity index (χ1v) is 5.29. The molecule has 0 radical (unpaired) electrons. The molecule has 8 nitrogen and oxygen atoms in total. The number of likely N-dealkylation sites (N-methyl/N-ethyl adjacent to an activating group) is 1. The Bertz CT molecular complexity index is 340. The fraction of sp³-hybridized carbons (Fsp3) is 0.700. The first kappa shape index (κ1) is 16.2. The molecule has 0 aromatic heterocycles. The lowest BCUT2D eigenvalue weighted by molar-refractivity contribution is -0.155. The van der Waals surface area contributed by atoms with Crippen LogP contribution in [0.2, 0.25) is 0 Å². The summed E-state index contributed by atoms with van der Waals surface area (Å²) >= 11 is 0. The number of nitrogens with one attached hydrogen (secondary N) is 2. The van der Waals surface area contributed by atoms with Crippen molar-refractivity contribution in [2.45, 2.75) is 25.5 Å². The summed E-state index contributed by atoms with van der Waals surface area (Å²) < 4.78 is 0. The van der Waals surface area contributed by atoms with Crippen molar-refractivity contribution in [1.29, 1.82) is 0 Å². The third-order valence-electron chi connectivity index (χ3n) is 2.21. The van der Waals surface area contributed by atoms with E-state index in [0.717, 1.165) is 6.92 Å². The number of amides is 3. The number of aliphatic hydroxyl groups is 1. The fourth-order valence-electron chi connectivity index (χ4n) is 1.02. The topological polar surface area (TPSA) is 119 Å². The molecule has 4 N–H and O–H groups in total. The summed E-state index contributed by atoms with van der Waals surface area (Å²) in [5.41, 5.74) is -2.05. The summed E-state index contributed by atoms with van der Waals surface area (Å²) in [6.45, 7) is 2.10. The maximum absolute atomic E-state index is 11.4. The van der Waals surface area contributed by atoms with E-state index in [0.29, 0.717) is 0 Å². The number of urea groups is 1. The van der Waals surface area contributed by atoms with Crippen LogP contribution in [0, 0.1) is 0 Å². The zero-order valence-corrected chi connectivity index (χ0v) is 10.9. The molecule has 0 aromatic carbocycles. The number of nitrogens with zero attached hydrogens (tertiary/aromatic N) is 1. The molecule has 0 rings (SSSR count). The van der Waals surface area contributed by atoms with Gasteiger partial charge in [0.2, 0.25) is 5.91 Å². The van der Waals surface area contributed by atoms with Crippen molar-refractivity contribution in [3.05, 3.63) is 0 Å².